The van der Waals surface area contributed by atoms with Crippen LogP contribution in [0.15, 0.2) is 73.1 Å². The number of rotatable bonds is 3. The number of nitrogens with zero attached hydrogens (tertiary/aromatic N) is 3. The first-order chi connectivity index (χ1) is 11.3. The number of nitrogens with one attached hydrogen (secondary N) is 1. The van der Waals surface area contributed by atoms with Gasteiger partial charge in [0.25, 0.3) is 0 Å². The van der Waals surface area contributed by atoms with Crippen LogP contribution in [0.1, 0.15) is 5.56 Å². The highest BCUT2D eigenvalue weighted by Gasteiger charge is 2.04. The van der Waals surface area contributed by atoms with Gasteiger partial charge in [-0.2, -0.15) is 5.10 Å². The molecule has 0 aliphatic carbocycles. The molecule has 0 atom stereocenters. The van der Waals surface area contributed by atoms with Gasteiger partial charge in [-0.05, 0) is 48.9 Å². The molecular formula is C19H16N4. The maximum Gasteiger partial charge on any atom is 0.131 e. The highest BCUT2D eigenvalue weighted by Crippen LogP contribution is 2.23. The molecule has 112 valence electrons. The number of hydrogen-bond acceptors (Lipinski definition) is 3. The van der Waals surface area contributed by atoms with Crippen LogP contribution in [0.2, 0.25) is 0 Å². The summed E-state index contributed by atoms with van der Waals surface area (Å²) in [5.74, 6) is 0.846. The molecule has 0 saturated heterocycles. The lowest BCUT2D eigenvalue weighted by molar-refractivity contribution is 0.881. The van der Waals surface area contributed by atoms with Crippen LogP contribution in [0, 0.1) is 6.92 Å². The third kappa shape index (κ3) is 2.66. The van der Waals surface area contributed by atoms with Gasteiger partial charge < -0.3 is 5.32 Å². The fourth-order valence-corrected chi connectivity index (χ4v) is 2.71. The number of aryl methyl sites for hydroxylation is 1. The smallest absolute Gasteiger partial charge is 0.131 e. The summed E-state index contributed by atoms with van der Waals surface area (Å²) in [6, 6.07) is 20.3. The highest BCUT2D eigenvalue weighted by molar-refractivity contribution is 5.84. The number of anilines is 2. The van der Waals surface area contributed by atoms with Crippen LogP contribution in [0.3, 0.4) is 0 Å². The topological polar surface area (TPSA) is 42.7 Å². The summed E-state index contributed by atoms with van der Waals surface area (Å²) >= 11 is 0. The Hall–Kier alpha value is -3.14. The number of para-hydroxylation sites is 1. The van der Waals surface area contributed by atoms with E-state index >= 15 is 0 Å². The molecular weight excluding hydrogens is 284 g/mol. The molecule has 2 aromatic heterocycles. The molecule has 4 heteroatoms. The third-order valence-corrected chi connectivity index (χ3v) is 3.81. The van der Waals surface area contributed by atoms with E-state index in [1.165, 1.54) is 10.9 Å². The molecule has 0 aliphatic rings. The first kappa shape index (κ1) is 13.5. The molecule has 0 amide bonds. The van der Waals surface area contributed by atoms with Gasteiger partial charge in [-0.25, -0.2) is 9.67 Å². The summed E-state index contributed by atoms with van der Waals surface area (Å²) < 4.78 is 1.84. The van der Waals surface area contributed by atoms with Crippen molar-refractivity contribution in [2.24, 2.45) is 0 Å². The Balaban J connectivity index is 1.69. The van der Waals surface area contributed by atoms with E-state index in [0.29, 0.717) is 0 Å². The lowest BCUT2D eigenvalue weighted by atomic mass is 10.1. The monoisotopic (exact) mass is 300 g/mol. The number of hydrogen-bond donors (Lipinski definition) is 1. The van der Waals surface area contributed by atoms with E-state index < -0.39 is 0 Å². The van der Waals surface area contributed by atoms with Gasteiger partial charge in [0, 0.05) is 23.5 Å². The van der Waals surface area contributed by atoms with Gasteiger partial charge in [0.15, 0.2) is 0 Å². The summed E-state index contributed by atoms with van der Waals surface area (Å²) in [4.78, 5) is 4.69. The lowest BCUT2D eigenvalue weighted by Crippen LogP contribution is -1.98. The average Bonchev–Trinajstić information content (AvgIpc) is 3.10. The third-order valence-electron chi connectivity index (χ3n) is 3.81. The van der Waals surface area contributed by atoms with Crippen molar-refractivity contribution < 1.29 is 0 Å². The molecule has 4 rings (SSSR count). The number of aromatic nitrogens is 3. The average molecular weight is 300 g/mol. The van der Waals surface area contributed by atoms with Gasteiger partial charge >= 0.3 is 0 Å². The van der Waals surface area contributed by atoms with E-state index in [1.54, 1.807) is 6.20 Å². The molecule has 1 N–H and O–H groups in total. The first-order valence-electron chi connectivity index (χ1n) is 7.53. The molecule has 0 aliphatic heterocycles. The van der Waals surface area contributed by atoms with E-state index in [1.807, 2.05) is 53.3 Å². The quantitative estimate of drug-likeness (QED) is 0.607. The van der Waals surface area contributed by atoms with Gasteiger partial charge in [-0.1, -0.05) is 24.3 Å². The fourth-order valence-electron chi connectivity index (χ4n) is 2.71. The highest BCUT2D eigenvalue weighted by atomic mass is 15.3. The minimum atomic E-state index is 0.846. The minimum absolute atomic E-state index is 0.846. The predicted molar refractivity (Wildman–Crippen MR) is 93.3 cm³/mol. The molecule has 0 unspecified atom stereocenters. The van der Waals surface area contributed by atoms with Crippen LogP contribution >= 0.6 is 0 Å². The van der Waals surface area contributed by atoms with Crippen LogP contribution in [0.4, 0.5) is 11.5 Å². The van der Waals surface area contributed by atoms with Crippen LogP contribution in [-0.4, -0.2) is 14.8 Å². The minimum Gasteiger partial charge on any atom is -0.340 e. The molecule has 0 fully saturated rings. The van der Waals surface area contributed by atoms with Crippen molar-refractivity contribution in [3.63, 3.8) is 0 Å². The van der Waals surface area contributed by atoms with Crippen LogP contribution < -0.4 is 5.32 Å². The SMILES string of the molecule is Cc1cc(Nc2cccc(-n3cccn3)c2)nc2ccccc12. The summed E-state index contributed by atoms with van der Waals surface area (Å²) in [5.41, 5.74) is 4.21. The van der Waals surface area contributed by atoms with E-state index in [4.69, 9.17) is 4.98 Å². The zero-order valence-corrected chi connectivity index (χ0v) is 12.8. The Bertz CT molecular complexity index is 958. The molecule has 2 aromatic carbocycles. The molecule has 0 spiro atoms. The van der Waals surface area contributed by atoms with Gasteiger partial charge in [0.2, 0.25) is 0 Å². The first-order valence-corrected chi connectivity index (χ1v) is 7.53. The summed E-state index contributed by atoms with van der Waals surface area (Å²) in [6.07, 6.45) is 3.70. The Morgan fingerprint density at radius 1 is 0.957 bits per heavy atom. The van der Waals surface area contributed by atoms with Gasteiger partial charge in [0.05, 0.1) is 11.2 Å². The van der Waals surface area contributed by atoms with Gasteiger partial charge in [-0.3, -0.25) is 0 Å². The predicted octanol–water partition coefficient (Wildman–Crippen LogP) is 4.47. The zero-order chi connectivity index (χ0) is 15.6. The van der Waals surface area contributed by atoms with Crippen molar-refractivity contribution in [1.29, 1.82) is 0 Å². The Kier molecular flexibility index (Phi) is 3.27. The summed E-state index contributed by atoms with van der Waals surface area (Å²) in [7, 11) is 0. The second kappa shape index (κ2) is 5.57. The summed E-state index contributed by atoms with van der Waals surface area (Å²) in [5, 5.41) is 8.83. The second-order valence-corrected chi connectivity index (χ2v) is 5.47. The molecule has 23 heavy (non-hydrogen) atoms. The van der Waals surface area contributed by atoms with E-state index in [2.05, 4.69) is 35.5 Å². The lowest BCUT2D eigenvalue weighted by Gasteiger charge is -2.10. The maximum absolute atomic E-state index is 4.69. The van der Waals surface area contributed by atoms with Crippen molar-refractivity contribution in [3.05, 3.63) is 78.6 Å². The van der Waals surface area contributed by atoms with Crippen molar-refractivity contribution >= 4 is 22.4 Å². The summed E-state index contributed by atoms with van der Waals surface area (Å²) in [6.45, 7) is 2.11. The van der Waals surface area contributed by atoms with Crippen molar-refractivity contribution in [2.75, 3.05) is 5.32 Å². The molecule has 4 nitrogen and oxygen atoms in total. The molecule has 0 radical (unpaired) electrons. The molecule has 0 saturated carbocycles. The standard InChI is InChI=1S/C19H16N4/c1-14-12-19(22-18-9-3-2-8-17(14)18)21-15-6-4-7-16(13-15)23-11-5-10-20-23/h2-13H,1H3,(H,21,22). The Morgan fingerprint density at radius 2 is 1.87 bits per heavy atom. The fraction of sp³-hybridized carbons (Fsp3) is 0.0526. The number of benzene rings is 2. The maximum atomic E-state index is 4.69. The van der Waals surface area contributed by atoms with Crippen LogP contribution in [-0.2, 0) is 0 Å². The number of pyridine rings is 1. The molecule has 0 bridgehead atoms. The second-order valence-electron chi connectivity index (χ2n) is 5.47. The number of fused-ring (bicyclic) bond motifs is 1. The van der Waals surface area contributed by atoms with Crippen molar-refractivity contribution in [1.82, 2.24) is 14.8 Å². The normalized spacial score (nSPS) is 10.8. The van der Waals surface area contributed by atoms with E-state index in [-0.39, 0.29) is 0 Å². The van der Waals surface area contributed by atoms with Gasteiger partial charge in [-0.15, -0.1) is 0 Å². The Labute approximate surface area is 134 Å². The van der Waals surface area contributed by atoms with Gasteiger partial charge in [0.1, 0.15) is 5.82 Å². The van der Waals surface area contributed by atoms with Crippen LogP contribution in [0.25, 0.3) is 16.6 Å². The van der Waals surface area contributed by atoms with Crippen LogP contribution in [0.5, 0.6) is 0 Å². The largest absolute Gasteiger partial charge is 0.340 e. The van der Waals surface area contributed by atoms with E-state index in [9.17, 15) is 0 Å². The zero-order valence-electron chi connectivity index (χ0n) is 12.8. The Morgan fingerprint density at radius 3 is 2.74 bits per heavy atom. The molecule has 2 heterocycles. The van der Waals surface area contributed by atoms with Crippen molar-refractivity contribution in [3.8, 4) is 5.69 Å². The molecule has 4 aromatic rings. The van der Waals surface area contributed by atoms with E-state index in [0.717, 1.165) is 22.7 Å². The van der Waals surface area contributed by atoms with Crippen molar-refractivity contribution in [2.45, 2.75) is 6.92 Å².